The molecule has 0 fully saturated rings. The Hall–Kier alpha value is -3.07. The van der Waals surface area contributed by atoms with Crippen LogP contribution in [0.3, 0.4) is 0 Å². The second-order valence-electron chi connectivity index (χ2n) is 7.89. The monoisotopic (exact) mass is 495 g/mol. The van der Waals surface area contributed by atoms with Crippen LogP contribution in [0.15, 0.2) is 42.7 Å². The third-order valence-corrected chi connectivity index (χ3v) is 5.26. The zero-order valence-electron chi connectivity index (χ0n) is 19.0. The summed E-state index contributed by atoms with van der Waals surface area (Å²) in [5.41, 5.74) is 0.961. The van der Waals surface area contributed by atoms with Gasteiger partial charge in [0, 0.05) is 18.8 Å². The van der Waals surface area contributed by atoms with Crippen LogP contribution in [0.5, 0.6) is 11.5 Å². The molecule has 0 radical (unpaired) electrons. The predicted octanol–water partition coefficient (Wildman–Crippen LogP) is 6.39. The van der Waals surface area contributed by atoms with Crippen molar-refractivity contribution in [3.8, 4) is 17.3 Å². The maximum absolute atomic E-state index is 12.8. The Kier molecular flexibility index (Phi) is 8.19. The average molecular weight is 496 g/mol. The van der Waals surface area contributed by atoms with Gasteiger partial charge in [-0.15, -0.1) is 0 Å². The normalized spacial score (nSPS) is 11.6. The number of ether oxygens (including phenoxy) is 2. The van der Waals surface area contributed by atoms with Gasteiger partial charge in [-0.05, 0) is 48.6 Å². The summed E-state index contributed by atoms with van der Waals surface area (Å²) in [4.78, 5) is 15.6. The van der Waals surface area contributed by atoms with Crippen LogP contribution in [0, 0.1) is 0 Å². The topological polar surface area (TPSA) is 66.2 Å². The maximum atomic E-state index is 12.8. The Labute approximate surface area is 200 Å². The fraction of sp³-hybridized carbons (Fsp3) is 0.375. The van der Waals surface area contributed by atoms with E-state index in [-0.39, 0.29) is 18.1 Å². The molecular formula is C24H25ClF3N3O3. The number of aromatic nitrogens is 3. The number of para-hydroxylation sites is 1. The number of hydrogen-bond donors (Lipinski definition) is 0. The molecule has 3 rings (SSSR count). The Morgan fingerprint density at radius 1 is 1.21 bits per heavy atom. The van der Waals surface area contributed by atoms with E-state index in [4.69, 9.17) is 21.1 Å². The Balaban J connectivity index is 1.69. The number of esters is 1. The minimum absolute atomic E-state index is 0.107. The number of pyridine rings is 1. The third-order valence-electron chi connectivity index (χ3n) is 4.96. The van der Waals surface area contributed by atoms with Gasteiger partial charge in [-0.3, -0.25) is 4.79 Å². The summed E-state index contributed by atoms with van der Waals surface area (Å²) >= 11 is 6.22. The molecule has 1 aromatic carbocycles. The highest BCUT2D eigenvalue weighted by Gasteiger charge is 2.30. The zero-order valence-corrected chi connectivity index (χ0v) is 19.8. The lowest BCUT2D eigenvalue weighted by Crippen LogP contribution is -2.08. The van der Waals surface area contributed by atoms with E-state index in [9.17, 15) is 18.0 Å². The first kappa shape index (κ1) is 25.6. The van der Waals surface area contributed by atoms with E-state index in [2.05, 4.69) is 10.1 Å². The van der Waals surface area contributed by atoms with E-state index in [1.165, 1.54) is 10.7 Å². The largest absolute Gasteiger partial charge is 0.488 e. The van der Waals surface area contributed by atoms with Crippen LogP contribution in [-0.2, 0) is 17.4 Å². The Morgan fingerprint density at radius 3 is 2.59 bits per heavy atom. The lowest BCUT2D eigenvalue weighted by atomic mass is 10.0. The first-order valence-electron chi connectivity index (χ1n) is 10.8. The van der Waals surface area contributed by atoms with Crippen LogP contribution in [0.4, 0.5) is 13.2 Å². The second kappa shape index (κ2) is 10.9. The maximum Gasteiger partial charge on any atom is 0.417 e. The van der Waals surface area contributed by atoms with Gasteiger partial charge in [-0.1, -0.05) is 38.4 Å². The van der Waals surface area contributed by atoms with Gasteiger partial charge in [-0.25, -0.2) is 9.67 Å². The standard InChI is InChI=1S/C24H25ClF3N3O3/c1-4-21(32)34-19-9-5-8-18(25)23(19)33-12-6-7-16-14-31(30-22(16)15(2)3)20-11-10-17(13-29-20)24(26,27)28/h5,8-11,13-15H,4,6-7,12H2,1-3H3. The van der Waals surface area contributed by atoms with Gasteiger partial charge in [0.2, 0.25) is 0 Å². The smallest absolute Gasteiger partial charge is 0.417 e. The molecule has 2 aromatic heterocycles. The van der Waals surface area contributed by atoms with Crippen molar-refractivity contribution in [1.29, 1.82) is 0 Å². The van der Waals surface area contributed by atoms with Crippen LogP contribution in [0.2, 0.25) is 5.02 Å². The second-order valence-corrected chi connectivity index (χ2v) is 8.30. The van der Waals surface area contributed by atoms with Crippen LogP contribution in [0.1, 0.15) is 56.4 Å². The van der Waals surface area contributed by atoms with Gasteiger partial charge in [0.25, 0.3) is 0 Å². The van der Waals surface area contributed by atoms with Gasteiger partial charge in [0.05, 0.1) is 22.9 Å². The molecule has 10 heteroatoms. The van der Waals surface area contributed by atoms with E-state index in [1.54, 1.807) is 31.3 Å². The van der Waals surface area contributed by atoms with Crippen LogP contribution >= 0.6 is 11.6 Å². The number of carbonyl (C=O) groups excluding carboxylic acids is 1. The first-order chi connectivity index (χ1) is 16.1. The fourth-order valence-corrected chi connectivity index (χ4v) is 3.47. The molecule has 182 valence electrons. The molecule has 0 saturated carbocycles. The van der Waals surface area contributed by atoms with Crippen molar-refractivity contribution in [1.82, 2.24) is 14.8 Å². The summed E-state index contributed by atoms with van der Waals surface area (Å²) < 4.78 is 51.0. The van der Waals surface area contributed by atoms with E-state index >= 15 is 0 Å². The summed E-state index contributed by atoms with van der Waals surface area (Å²) in [5.74, 6) is 0.590. The molecule has 0 aliphatic carbocycles. The van der Waals surface area contributed by atoms with E-state index in [1.807, 2.05) is 13.8 Å². The number of nitrogens with zero attached hydrogens (tertiary/aromatic N) is 3. The van der Waals surface area contributed by atoms with Crippen LogP contribution < -0.4 is 9.47 Å². The van der Waals surface area contributed by atoms with Crippen molar-refractivity contribution < 1.29 is 27.4 Å². The molecule has 0 amide bonds. The predicted molar refractivity (Wildman–Crippen MR) is 122 cm³/mol. The van der Waals surface area contributed by atoms with Gasteiger partial charge in [0.15, 0.2) is 17.3 Å². The Bertz CT molecular complexity index is 1130. The molecule has 6 nitrogen and oxygen atoms in total. The molecular weight excluding hydrogens is 471 g/mol. The van der Waals surface area contributed by atoms with E-state index in [0.29, 0.717) is 36.0 Å². The molecule has 0 spiro atoms. The van der Waals surface area contributed by atoms with Gasteiger partial charge in [0.1, 0.15) is 0 Å². The number of carbonyl (C=O) groups is 1. The number of alkyl halides is 3. The highest BCUT2D eigenvalue weighted by Crippen LogP contribution is 2.35. The zero-order chi connectivity index (χ0) is 24.9. The molecule has 0 unspecified atom stereocenters. The summed E-state index contributed by atoms with van der Waals surface area (Å²) in [5, 5.41) is 4.87. The van der Waals surface area contributed by atoms with E-state index in [0.717, 1.165) is 23.5 Å². The van der Waals surface area contributed by atoms with Crippen molar-refractivity contribution in [3.63, 3.8) is 0 Å². The number of halogens is 4. The van der Waals surface area contributed by atoms with E-state index < -0.39 is 17.7 Å². The molecule has 0 aliphatic heterocycles. The summed E-state index contributed by atoms with van der Waals surface area (Å²) in [6.07, 6.45) is -0.427. The lowest BCUT2D eigenvalue weighted by Gasteiger charge is -2.13. The van der Waals surface area contributed by atoms with Crippen molar-refractivity contribution in [3.05, 3.63) is 64.6 Å². The lowest BCUT2D eigenvalue weighted by molar-refractivity contribution is -0.138. The summed E-state index contributed by atoms with van der Waals surface area (Å²) in [6.45, 7) is 5.98. The minimum Gasteiger partial charge on any atom is -0.488 e. The van der Waals surface area contributed by atoms with Crippen LogP contribution in [0.25, 0.3) is 5.82 Å². The number of aryl methyl sites for hydroxylation is 1. The average Bonchev–Trinajstić information content (AvgIpc) is 3.22. The van der Waals surface area contributed by atoms with Crippen LogP contribution in [-0.4, -0.2) is 27.3 Å². The highest BCUT2D eigenvalue weighted by atomic mass is 35.5. The molecule has 0 N–H and O–H groups in total. The molecule has 0 saturated heterocycles. The summed E-state index contributed by atoms with van der Waals surface area (Å²) in [7, 11) is 0. The fourth-order valence-electron chi connectivity index (χ4n) is 3.25. The number of rotatable bonds is 9. The third kappa shape index (κ3) is 6.28. The molecule has 34 heavy (non-hydrogen) atoms. The van der Waals surface area contributed by atoms with Gasteiger partial charge in [-0.2, -0.15) is 18.3 Å². The van der Waals surface area contributed by atoms with Crippen molar-refractivity contribution in [2.45, 2.75) is 52.1 Å². The number of benzene rings is 1. The molecule has 2 heterocycles. The first-order valence-corrected chi connectivity index (χ1v) is 11.2. The van der Waals surface area contributed by atoms with Gasteiger partial charge < -0.3 is 9.47 Å². The van der Waals surface area contributed by atoms with Crippen molar-refractivity contribution in [2.75, 3.05) is 6.61 Å². The summed E-state index contributed by atoms with van der Waals surface area (Å²) in [6, 6.07) is 7.22. The molecule has 0 aliphatic rings. The molecule has 3 aromatic rings. The van der Waals surface area contributed by atoms with Gasteiger partial charge >= 0.3 is 12.1 Å². The highest BCUT2D eigenvalue weighted by molar-refractivity contribution is 6.32. The Morgan fingerprint density at radius 2 is 1.97 bits per heavy atom. The molecule has 0 bridgehead atoms. The molecule has 0 atom stereocenters. The van der Waals surface area contributed by atoms with Crippen molar-refractivity contribution >= 4 is 17.6 Å². The minimum atomic E-state index is -4.44. The quantitative estimate of drug-likeness (QED) is 0.195. The SMILES string of the molecule is CCC(=O)Oc1cccc(Cl)c1OCCCc1cn(-c2ccc(C(F)(F)F)cn2)nc1C(C)C. The number of hydrogen-bond acceptors (Lipinski definition) is 5. The van der Waals surface area contributed by atoms with Crippen molar-refractivity contribution in [2.24, 2.45) is 0 Å².